The van der Waals surface area contributed by atoms with Crippen LogP contribution in [0.15, 0.2) is 18.2 Å². The Morgan fingerprint density at radius 1 is 1.20 bits per heavy atom. The zero-order valence-electron chi connectivity index (χ0n) is 11.9. The minimum Gasteiger partial charge on any atom is -0.370 e. The Kier molecular flexibility index (Phi) is 3.03. The normalized spacial score (nSPS) is 25.9. The molecule has 1 aliphatic carbocycles. The van der Waals surface area contributed by atoms with E-state index >= 15 is 0 Å². The van der Waals surface area contributed by atoms with Gasteiger partial charge in [-0.2, -0.15) is 0 Å². The molecule has 20 heavy (non-hydrogen) atoms. The van der Waals surface area contributed by atoms with Gasteiger partial charge in [-0.15, -0.1) is 0 Å². The van der Waals surface area contributed by atoms with E-state index in [1.54, 1.807) is 0 Å². The van der Waals surface area contributed by atoms with Crippen LogP contribution in [0.3, 0.4) is 0 Å². The highest BCUT2D eigenvalue weighted by atomic mass is 16.1. The Bertz CT molecular complexity index is 534. The molecule has 1 N–H and O–H groups in total. The number of Topliss-reactive ketones (excluding diaryl/α,β-unsaturated/α-hetero) is 1. The van der Waals surface area contributed by atoms with E-state index in [0.717, 1.165) is 44.0 Å². The Hall–Kier alpha value is -1.35. The second-order valence-corrected chi connectivity index (χ2v) is 6.50. The lowest BCUT2D eigenvalue weighted by Gasteiger charge is -2.29. The molecule has 1 aromatic rings. The maximum absolute atomic E-state index is 12.1. The molecule has 1 aromatic carbocycles. The highest BCUT2D eigenvalue weighted by molar-refractivity contribution is 6.01. The van der Waals surface area contributed by atoms with Crippen LogP contribution in [0.1, 0.15) is 47.5 Å². The van der Waals surface area contributed by atoms with Crippen molar-refractivity contribution in [3.8, 4) is 0 Å². The number of hydrogen-bond donors (Lipinski definition) is 1. The summed E-state index contributed by atoms with van der Waals surface area (Å²) in [6.45, 7) is 4.62. The quantitative estimate of drug-likeness (QED) is 0.896. The lowest BCUT2D eigenvalue weighted by molar-refractivity contribution is 0.0968. The number of benzene rings is 1. The van der Waals surface area contributed by atoms with Gasteiger partial charge in [-0.3, -0.25) is 4.79 Å². The fourth-order valence-electron chi connectivity index (χ4n) is 4.18. The summed E-state index contributed by atoms with van der Waals surface area (Å²) in [5.74, 6) is 1.75. The molecule has 2 aliphatic heterocycles. The van der Waals surface area contributed by atoms with Crippen LogP contribution < -0.4 is 10.2 Å². The summed E-state index contributed by atoms with van der Waals surface area (Å²) in [6, 6.07) is 6.31. The van der Waals surface area contributed by atoms with E-state index in [4.69, 9.17) is 0 Å². The number of carbonyl (C=O) groups excluding carboxylic acids is 1. The molecule has 1 saturated heterocycles. The summed E-state index contributed by atoms with van der Waals surface area (Å²) in [6.07, 6.45) is 4.36. The van der Waals surface area contributed by atoms with Gasteiger partial charge in [0.2, 0.25) is 0 Å². The Labute approximate surface area is 120 Å². The van der Waals surface area contributed by atoms with Crippen molar-refractivity contribution < 1.29 is 4.79 Å². The number of nitrogens with zero attached hydrogens (tertiary/aromatic N) is 1. The first-order chi connectivity index (χ1) is 9.83. The monoisotopic (exact) mass is 270 g/mol. The molecule has 0 spiro atoms. The van der Waals surface area contributed by atoms with Crippen molar-refractivity contribution in [3.63, 3.8) is 0 Å². The number of nitrogens with one attached hydrogen (secondary N) is 1. The number of rotatable bonds is 2. The molecule has 3 nitrogen and oxygen atoms in total. The van der Waals surface area contributed by atoms with Gasteiger partial charge in [-0.25, -0.2) is 0 Å². The van der Waals surface area contributed by atoms with Crippen LogP contribution in [-0.4, -0.2) is 32.0 Å². The van der Waals surface area contributed by atoms with Crippen molar-refractivity contribution in [1.29, 1.82) is 0 Å². The summed E-state index contributed by atoms with van der Waals surface area (Å²) in [5, 5.41) is 3.44. The Morgan fingerprint density at radius 2 is 2.05 bits per heavy atom. The maximum Gasteiger partial charge on any atom is 0.163 e. The van der Waals surface area contributed by atoms with Crippen molar-refractivity contribution in [2.75, 3.05) is 31.1 Å². The smallest absolute Gasteiger partial charge is 0.163 e. The van der Waals surface area contributed by atoms with Crippen molar-refractivity contribution >= 4 is 11.5 Å². The third kappa shape index (κ3) is 1.96. The average molecular weight is 270 g/mol. The summed E-state index contributed by atoms with van der Waals surface area (Å²) < 4.78 is 0. The first-order valence-electron chi connectivity index (χ1n) is 7.94. The van der Waals surface area contributed by atoms with Gasteiger partial charge in [0, 0.05) is 36.7 Å². The number of carbonyl (C=O) groups is 1. The van der Waals surface area contributed by atoms with Gasteiger partial charge >= 0.3 is 0 Å². The lowest BCUT2D eigenvalue weighted by Crippen LogP contribution is -2.35. The van der Waals surface area contributed by atoms with Crippen molar-refractivity contribution in [2.45, 2.75) is 31.6 Å². The highest BCUT2D eigenvalue weighted by Crippen LogP contribution is 2.44. The van der Waals surface area contributed by atoms with Crippen LogP contribution in [0.2, 0.25) is 0 Å². The minimum atomic E-state index is 0.349. The van der Waals surface area contributed by atoms with Gasteiger partial charge in [0.05, 0.1) is 0 Å². The predicted molar refractivity (Wildman–Crippen MR) is 80.6 cm³/mol. The molecular weight excluding hydrogens is 248 g/mol. The molecule has 0 aromatic heterocycles. The zero-order valence-corrected chi connectivity index (χ0v) is 11.9. The van der Waals surface area contributed by atoms with Gasteiger partial charge in [0.15, 0.2) is 5.78 Å². The number of hydrogen-bond acceptors (Lipinski definition) is 3. The molecule has 2 heterocycles. The number of ketones is 1. The van der Waals surface area contributed by atoms with E-state index in [2.05, 4.69) is 22.3 Å². The van der Waals surface area contributed by atoms with E-state index in [-0.39, 0.29) is 0 Å². The van der Waals surface area contributed by atoms with E-state index in [1.807, 2.05) is 6.07 Å². The molecule has 0 bridgehead atoms. The topological polar surface area (TPSA) is 32.3 Å². The second-order valence-electron chi connectivity index (χ2n) is 6.50. The summed E-state index contributed by atoms with van der Waals surface area (Å²) in [7, 11) is 0. The summed E-state index contributed by atoms with van der Waals surface area (Å²) in [4.78, 5) is 14.6. The number of anilines is 1. The SMILES string of the molecule is O=C1CCC2CN(CC3CCNCC3)c3cccc1c32. The van der Waals surface area contributed by atoms with Crippen molar-refractivity contribution in [1.82, 2.24) is 5.32 Å². The zero-order chi connectivity index (χ0) is 13.5. The molecule has 106 valence electrons. The summed E-state index contributed by atoms with van der Waals surface area (Å²) in [5.41, 5.74) is 3.71. The molecule has 0 saturated carbocycles. The fraction of sp³-hybridized carbons (Fsp3) is 0.588. The van der Waals surface area contributed by atoms with E-state index in [0.29, 0.717) is 11.7 Å². The van der Waals surface area contributed by atoms with Crippen molar-refractivity contribution in [3.05, 3.63) is 29.3 Å². The molecule has 4 rings (SSSR count). The molecular formula is C17H22N2O. The standard InChI is InChI=1S/C17H22N2O/c20-16-5-4-13-11-19(10-12-6-8-18-9-7-12)15-3-1-2-14(16)17(13)15/h1-3,12-13,18H,4-11H2. The third-order valence-electron chi connectivity index (χ3n) is 5.23. The van der Waals surface area contributed by atoms with Crippen LogP contribution in [0.5, 0.6) is 0 Å². The first-order valence-corrected chi connectivity index (χ1v) is 7.94. The Morgan fingerprint density at radius 3 is 2.90 bits per heavy atom. The van der Waals surface area contributed by atoms with Crippen LogP contribution >= 0.6 is 0 Å². The first kappa shape index (κ1) is 12.4. The third-order valence-corrected chi connectivity index (χ3v) is 5.23. The highest BCUT2D eigenvalue weighted by Gasteiger charge is 2.36. The van der Waals surface area contributed by atoms with E-state index in [9.17, 15) is 4.79 Å². The lowest BCUT2D eigenvalue weighted by atomic mass is 9.83. The minimum absolute atomic E-state index is 0.349. The van der Waals surface area contributed by atoms with Gasteiger partial charge in [-0.1, -0.05) is 12.1 Å². The van der Waals surface area contributed by atoms with E-state index in [1.165, 1.54) is 30.6 Å². The van der Waals surface area contributed by atoms with Crippen LogP contribution in [0, 0.1) is 5.92 Å². The summed E-state index contributed by atoms with van der Waals surface area (Å²) >= 11 is 0. The van der Waals surface area contributed by atoms with Gasteiger partial charge in [-0.05, 0) is 49.9 Å². The molecule has 3 aliphatic rings. The van der Waals surface area contributed by atoms with Crippen molar-refractivity contribution in [2.24, 2.45) is 5.92 Å². The molecule has 1 fully saturated rings. The maximum atomic E-state index is 12.1. The Balaban J connectivity index is 1.61. The van der Waals surface area contributed by atoms with Crippen LogP contribution in [-0.2, 0) is 0 Å². The van der Waals surface area contributed by atoms with E-state index < -0.39 is 0 Å². The molecule has 0 amide bonds. The van der Waals surface area contributed by atoms with Gasteiger partial charge in [0.1, 0.15) is 0 Å². The second kappa shape index (κ2) is 4.88. The predicted octanol–water partition coefficient (Wildman–Crippen LogP) is 2.57. The van der Waals surface area contributed by atoms with Crippen LogP contribution in [0.4, 0.5) is 5.69 Å². The van der Waals surface area contributed by atoms with Gasteiger partial charge in [0.25, 0.3) is 0 Å². The average Bonchev–Trinajstić information content (AvgIpc) is 2.84. The largest absolute Gasteiger partial charge is 0.370 e. The number of piperidine rings is 1. The molecule has 1 atom stereocenters. The molecule has 1 unspecified atom stereocenters. The van der Waals surface area contributed by atoms with Crippen LogP contribution in [0.25, 0.3) is 0 Å². The molecule has 0 radical (unpaired) electrons. The fourth-order valence-corrected chi connectivity index (χ4v) is 4.18. The molecule has 3 heteroatoms. The van der Waals surface area contributed by atoms with Gasteiger partial charge < -0.3 is 10.2 Å².